The second-order valence-electron chi connectivity index (χ2n) is 8.38. The lowest BCUT2D eigenvalue weighted by Gasteiger charge is -2.16. The van der Waals surface area contributed by atoms with Gasteiger partial charge in [-0.25, -0.2) is 4.98 Å². The van der Waals surface area contributed by atoms with E-state index >= 15 is 0 Å². The van der Waals surface area contributed by atoms with Gasteiger partial charge < -0.3 is 10.1 Å². The van der Waals surface area contributed by atoms with E-state index in [4.69, 9.17) is 21.3 Å². The summed E-state index contributed by atoms with van der Waals surface area (Å²) in [6.45, 7) is 1.89. The number of thiophene rings is 1. The van der Waals surface area contributed by atoms with E-state index in [0.717, 1.165) is 47.4 Å². The normalized spacial score (nSPS) is 13.0. The molecule has 5 rings (SSSR count). The van der Waals surface area contributed by atoms with Crippen LogP contribution in [-0.4, -0.2) is 28.3 Å². The highest BCUT2D eigenvalue weighted by molar-refractivity contribution is 7.99. The Balaban J connectivity index is 1.52. The van der Waals surface area contributed by atoms with Crippen molar-refractivity contribution in [1.82, 2.24) is 9.55 Å². The van der Waals surface area contributed by atoms with E-state index in [-0.39, 0.29) is 17.2 Å². The van der Waals surface area contributed by atoms with Crippen LogP contribution in [0.3, 0.4) is 0 Å². The number of benzene rings is 2. The molecule has 0 unspecified atom stereocenters. The monoisotopic (exact) mass is 525 g/mol. The van der Waals surface area contributed by atoms with Gasteiger partial charge in [0.15, 0.2) is 5.16 Å². The Morgan fingerprint density at radius 1 is 1.20 bits per heavy atom. The number of anilines is 1. The van der Waals surface area contributed by atoms with Crippen LogP contribution < -0.4 is 15.6 Å². The molecule has 1 N–H and O–H groups in total. The number of amides is 1. The van der Waals surface area contributed by atoms with Crippen LogP contribution >= 0.6 is 34.7 Å². The third kappa shape index (κ3) is 4.70. The highest BCUT2D eigenvalue weighted by Gasteiger charge is 2.24. The minimum Gasteiger partial charge on any atom is -0.497 e. The summed E-state index contributed by atoms with van der Waals surface area (Å²) in [5.41, 5.74) is 3.19. The lowest BCUT2D eigenvalue weighted by molar-refractivity contribution is -0.113. The predicted molar refractivity (Wildman–Crippen MR) is 144 cm³/mol. The number of nitrogens with one attached hydrogen (secondary N) is 1. The number of nitrogens with zero attached hydrogens (tertiary/aromatic N) is 2. The maximum atomic E-state index is 13.9. The summed E-state index contributed by atoms with van der Waals surface area (Å²) in [5, 5.41) is 4.65. The van der Waals surface area contributed by atoms with Crippen molar-refractivity contribution in [2.24, 2.45) is 0 Å². The molecule has 0 saturated heterocycles. The van der Waals surface area contributed by atoms with Gasteiger partial charge in [0.1, 0.15) is 10.6 Å². The van der Waals surface area contributed by atoms with Gasteiger partial charge in [-0.3, -0.25) is 14.2 Å². The Bertz CT molecular complexity index is 1480. The Morgan fingerprint density at radius 3 is 2.74 bits per heavy atom. The molecule has 1 amide bonds. The lowest BCUT2D eigenvalue weighted by atomic mass is 9.97. The number of rotatable bonds is 6. The molecule has 1 aliphatic carbocycles. The molecule has 0 fully saturated rings. The first-order valence-corrected chi connectivity index (χ1v) is 13.5. The van der Waals surface area contributed by atoms with E-state index in [1.165, 1.54) is 16.6 Å². The van der Waals surface area contributed by atoms with Gasteiger partial charge in [-0.05, 0) is 80.1 Å². The quantitative estimate of drug-likeness (QED) is 0.246. The standard InChI is InChI=1S/C26H24ClN3O3S2/c1-15-19(27)7-5-8-20(15)30-25(32)23-18-6-3-4-9-21(18)35-24(23)29-26(30)34-14-22(31)28-16-10-12-17(33-2)13-11-16/h5,7-8,10-13H,3-4,6,9,14H2,1-2H3,(H,28,31). The first-order chi connectivity index (χ1) is 17.0. The first kappa shape index (κ1) is 23.9. The SMILES string of the molecule is COc1ccc(NC(=O)CSc2nc3sc4c(c3c(=O)n2-c2cccc(Cl)c2C)CCCC4)cc1. The van der Waals surface area contributed by atoms with Gasteiger partial charge in [0, 0.05) is 15.6 Å². The average Bonchev–Trinajstić information content (AvgIpc) is 3.24. The van der Waals surface area contributed by atoms with Crippen LogP contribution in [0.2, 0.25) is 5.02 Å². The number of aryl methyl sites for hydroxylation is 2. The molecule has 2 aromatic carbocycles. The van der Waals surface area contributed by atoms with Crippen LogP contribution in [0.15, 0.2) is 52.4 Å². The van der Waals surface area contributed by atoms with Gasteiger partial charge in [-0.2, -0.15) is 0 Å². The molecule has 35 heavy (non-hydrogen) atoms. The Hall–Kier alpha value is -2.81. The van der Waals surface area contributed by atoms with Crippen molar-refractivity contribution in [3.63, 3.8) is 0 Å². The van der Waals surface area contributed by atoms with Crippen LogP contribution in [-0.2, 0) is 17.6 Å². The maximum Gasteiger partial charge on any atom is 0.267 e. The molecule has 2 aromatic heterocycles. The number of halogens is 1. The second kappa shape index (κ2) is 10.0. The van der Waals surface area contributed by atoms with Crippen molar-refractivity contribution >= 4 is 56.5 Å². The van der Waals surface area contributed by atoms with Crippen LogP contribution in [0.4, 0.5) is 5.69 Å². The third-order valence-electron chi connectivity index (χ3n) is 6.14. The molecule has 0 atom stereocenters. The van der Waals surface area contributed by atoms with Gasteiger partial charge >= 0.3 is 0 Å². The summed E-state index contributed by atoms with van der Waals surface area (Å²) in [5.74, 6) is 0.637. The van der Waals surface area contributed by atoms with Crippen LogP contribution in [0.25, 0.3) is 15.9 Å². The summed E-state index contributed by atoms with van der Waals surface area (Å²) < 4.78 is 6.78. The lowest BCUT2D eigenvalue weighted by Crippen LogP contribution is -2.24. The Kier molecular flexibility index (Phi) is 6.86. The van der Waals surface area contributed by atoms with E-state index in [0.29, 0.717) is 26.9 Å². The number of methoxy groups -OCH3 is 1. The molecule has 0 radical (unpaired) electrons. The smallest absolute Gasteiger partial charge is 0.267 e. The van der Waals surface area contributed by atoms with Gasteiger partial charge in [0.25, 0.3) is 5.56 Å². The van der Waals surface area contributed by atoms with Gasteiger partial charge in [0.2, 0.25) is 5.91 Å². The molecule has 0 bridgehead atoms. The highest BCUT2D eigenvalue weighted by Crippen LogP contribution is 2.36. The fraction of sp³-hybridized carbons (Fsp3) is 0.269. The van der Waals surface area contributed by atoms with Crippen LogP contribution in [0, 0.1) is 6.92 Å². The molecular weight excluding hydrogens is 502 g/mol. The van der Waals surface area contributed by atoms with E-state index in [9.17, 15) is 9.59 Å². The number of hydrogen-bond acceptors (Lipinski definition) is 6. The van der Waals surface area contributed by atoms with Crippen molar-refractivity contribution in [3.8, 4) is 11.4 Å². The molecule has 1 aliphatic rings. The molecule has 9 heteroatoms. The molecule has 0 saturated carbocycles. The fourth-order valence-corrected chi connectivity index (χ4v) is 6.61. The minimum absolute atomic E-state index is 0.0992. The molecule has 6 nitrogen and oxygen atoms in total. The van der Waals surface area contributed by atoms with E-state index in [1.54, 1.807) is 53.3 Å². The molecule has 4 aromatic rings. The van der Waals surface area contributed by atoms with E-state index < -0.39 is 0 Å². The largest absolute Gasteiger partial charge is 0.497 e. The van der Waals surface area contributed by atoms with Crippen molar-refractivity contribution in [1.29, 1.82) is 0 Å². The molecule has 180 valence electrons. The zero-order chi connectivity index (χ0) is 24.5. The van der Waals surface area contributed by atoms with Crippen molar-refractivity contribution in [2.75, 3.05) is 18.2 Å². The fourth-order valence-electron chi connectivity index (χ4n) is 4.34. The number of ether oxygens (including phenoxy) is 1. The number of thioether (sulfide) groups is 1. The van der Waals surface area contributed by atoms with Gasteiger partial charge in [0.05, 0.1) is 23.9 Å². The molecule has 2 heterocycles. The summed E-state index contributed by atoms with van der Waals surface area (Å²) in [6.07, 6.45) is 4.10. The van der Waals surface area contributed by atoms with Crippen molar-refractivity contribution in [2.45, 2.75) is 37.8 Å². The number of carbonyl (C=O) groups is 1. The number of aromatic nitrogens is 2. The topological polar surface area (TPSA) is 73.2 Å². The first-order valence-electron chi connectivity index (χ1n) is 11.4. The zero-order valence-corrected chi connectivity index (χ0v) is 21.8. The Labute approximate surface area is 216 Å². The van der Waals surface area contributed by atoms with Gasteiger partial charge in [-0.15, -0.1) is 11.3 Å². The summed E-state index contributed by atoms with van der Waals surface area (Å²) in [6, 6.07) is 12.7. The van der Waals surface area contributed by atoms with Crippen LogP contribution in [0.5, 0.6) is 5.75 Å². The minimum atomic E-state index is -0.186. The summed E-state index contributed by atoms with van der Waals surface area (Å²) in [7, 11) is 1.60. The van der Waals surface area contributed by atoms with Crippen molar-refractivity contribution in [3.05, 3.63) is 73.8 Å². The van der Waals surface area contributed by atoms with Crippen LogP contribution in [0.1, 0.15) is 28.8 Å². The van der Waals surface area contributed by atoms with E-state index in [2.05, 4.69) is 5.32 Å². The second-order valence-corrected chi connectivity index (χ2v) is 10.8. The molecular formula is C26H24ClN3O3S2. The van der Waals surface area contributed by atoms with Gasteiger partial charge in [-0.1, -0.05) is 29.4 Å². The van der Waals surface area contributed by atoms with Crippen molar-refractivity contribution < 1.29 is 9.53 Å². The summed E-state index contributed by atoms with van der Waals surface area (Å²) >= 11 is 9.26. The highest BCUT2D eigenvalue weighted by atomic mass is 35.5. The molecule has 0 spiro atoms. The number of hydrogen-bond donors (Lipinski definition) is 1. The zero-order valence-electron chi connectivity index (χ0n) is 19.4. The number of carbonyl (C=O) groups excluding carboxylic acids is 1. The average molecular weight is 526 g/mol. The molecule has 0 aliphatic heterocycles. The third-order valence-corrected chi connectivity index (χ3v) is 8.68. The maximum absolute atomic E-state index is 13.9. The predicted octanol–water partition coefficient (Wildman–Crippen LogP) is 6.03. The Morgan fingerprint density at radius 2 is 1.97 bits per heavy atom. The van der Waals surface area contributed by atoms with E-state index in [1.807, 2.05) is 19.1 Å². The summed E-state index contributed by atoms with van der Waals surface area (Å²) in [4.78, 5) is 33.5. The number of fused-ring (bicyclic) bond motifs is 3.